The van der Waals surface area contributed by atoms with Gasteiger partial charge in [0.2, 0.25) is 0 Å². The Morgan fingerprint density at radius 3 is 0.586 bits per heavy atom. The minimum atomic E-state index is -2.62. The molecule has 0 heterocycles. The van der Waals surface area contributed by atoms with Crippen LogP contribution in [-0.2, 0) is 26.1 Å². The second-order valence-electron chi connectivity index (χ2n) is 5.11. The number of rotatable bonds is 6. The van der Waals surface area contributed by atoms with Crippen molar-refractivity contribution in [2.24, 2.45) is 10.8 Å². The minimum Gasteiger partial charge on any atom is -0.396 e. The van der Waals surface area contributed by atoms with E-state index in [1.807, 2.05) is 0 Å². The van der Waals surface area contributed by atoms with E-state index in [1.54, 1.807) is 13.8 Å². The summed E-state index contributed by atoms with van der Waals surface area (Å²) in [5, 5.41) is 50.8. The van der Waals surface area contributed by atoms with Crippen molar-refractivity contribution in [3.8, 4) is 0 Å². The normalized spacial score (nSPS) is 9.38. The van der Waals surface area contributed by atoms with Crippen LogP contribution in [0, 0.1) is 10.8 Å². The Kier molecular flexibility index (Phi) is 57.9. The van der Waals surface area contributed by atoms with Crippen LogP contribution in [0.15, 0.2) is 0 Å². The van der Waals surface area contributed by atoms with Crippen LogP contribution < -0.4 is 0 Å². The molecule has 0 amide bonds. The molecule has 0 aliphatic heterocycles. The Balaban J connectivity index is -0.0000000432. The van der Waals surface area contributed by atoms with Gasteiger partial charge in [-0.15, -0.1) is 0 Å². The maximum Gasteiger partial charge on any atom is 0.324 e. The summed E-state index contributed by atoms with van der Waals surface area (Å²) in [6.45, 7) is 11.1. The van der Waals surface area contributed by atoms with E-state index in [0.717, 1.165) is 0 Å². The summed E-state index contributed by atoms with van der Waals surface area (Å²) in [6.07, 6.45) is 0. The van der Waals surface area contributed by atoms with Crippen molar-refractivity contribution < 1.29 is 86.1 Å². The van der Waals surface area contributed by atoms with Crippen LogP contribution in [0.1, 0.15) is 13.8 Å². The average molecular weight is 519 g/mol. The summed E-state index contributed by atoms with van der Waals surface area (Å²) in [5.74, 6) is 0. The topological polar surface area (TPSA) is 277 Å². The summed E-state index contributed by atoms with van der Waals surface area (Å²) in [7, 11) is -5.24. The predicted molar refractivity (Wildman–Crippen MR) is 97.3 cm³/mol. The van der Waals surface area contributed by atoms with Crippen molar-refractivity contribution in [2.45, 2.75) is 13.8 Å². The van der Waals surface area contributed by atoms with Gasteiger partial charge in [0.05, 0.1) is 39.6 Å². The van der Waals surface area contributed by atoms with E-state index in [2.05, 4.69) is 13.6 Å². The van der Waals surface area contributed by atoms with Gasteiger partial charge in [-0.25, -0.2) is 0 Å². The summed E-state index contributed by atoms with van der Waals surface area (Å²) in [5.41, 5.74) is -1.42. The molecule has 0 saturated carbocycles. The largest absolute Gasteiger partial charge is 0.396 e. The van der Waals surface area contributed by atoms with Crippen LogP contribution in [0.2, 0.25) is 0 Å². The predicted octanol–water partition coefficient (Wildman–Crippen LogP) is -4.48. The quantitative estimate of drug-likeness (QED) is 0.117. The number of carbonyl (C=O) groups excluding carboxylic acids is 2. The summed E-state index contributed by atoms with van der Waals surface area (Å²) >= 11 is 0. The number of aliphatic hydroxyl groups is 6. The van der Waals surface area contributed by atoms with E-state index in [9.17, 15) is 0 Å². The Morgan fingerprint density at radius 1 is 0.517 bits per heavy atom. The number of hydrogen-bond acceptors (Lipinski definition) is 14. The smallest absolute Gasteiger partial charge is 0.324 e. The fourth-order valence-corrected chi connectivity index (χ4v) is 0.300. The average Bonchev–Trinajstić information content (AvgIpc) is 2.69. The van der Waals surface area contributed by atoms with E-state index >= 15 is 0 Å². The van der Waals surface area contributed by atoms with Crippen molar-refractivity contribution in [1.29, 1.82) is 0 Å². The van der Waals surface area contributed by atoms with Crippen molar-refractivity contribution in [3.63, 3.8) is 0 Å². The molecule has 0 aromatic heterocycles. The number of aliphatic hydroxyl groups excluding tert-OH is 6. The first-order chi connectivity index (χ1) is 12.8. The molecule has 0 aliphatic carbocycles. The summed E-state index contributed by atoms with van der Waals surface area (Å²) < 4.78 is 0. The molecule has 0 aromatic rings. The van der Waals surface area contributed by atoms with Gasteiger partial charge in [-0.05, 0) is 0 Å². The van der Waals surface area contributed by atoms with Gasteiger partial charge in [0.15, 0.2) is 0 Å². The molecule has 17 heteroatoms. The van der Waals surface area contributed by atoms with Crippen LogP contribution >= 0.6 is 17.2 Å². The van der Waals surface area contributed by atoms with Crippen LogP contribution in [-0.4, -0.2) is 113 Å². The molecule has 14 nitrogen and oxygen atoms in total. The zero-order valence-corrected chi connectivity index (χ0v) is 18.4. The second-order valence-corrected chi connectivity index (χ2v) is 6.18. The Labute approximate surface area is 181 Å². The third-order valence-corrected chi connectivity index (χ3v) is 2.29. The Bertz CT molecular complexity index is 223. The van der Waals surface area contributed by atoms with Gasteiger partial charge in [0.1, 0.15) is 0 Å². The zero-order valence-electron chi connectivity index (χ0n) is 15.6. The molecule has 4 radical (unpaired) electrons. The molecule has 0 aromatic carbocycles. The first-order valence-electron chi connectivity index (χ1n) is 6.63. The van der Waals surface area contributed by atoms with Gasteiger partial charge >= 0.3 is 17.2 Å². The van der Waals surface area contributed by atoms with Gasteiger partial charge in [0, 0.05) is 27.3 Å². The summed E-state index contributed by atoms with van der Waals surface area (Å²) in [4.78, 5) is 58.4. The third-order valence-electron chi connectivity index (χ3n) is 2.29. The maximum absolute atomic E-state index is 8.47. The SMILES string of the molecule is CC(CO)(CO)CO.CC(CO)(CO)CO.OP(O)O.OP(O)O.[C]=O.[C]=O.[Ni]. The van der Waals surface area contributed by atoms with E-state index in [4.69, 9.17) is 69.6 Å². The van der Waals surface area contributed by atoms with Crippen LogP contribution in [0.25, 0.3) is 0 Å². The second kappa shape index (κ2) is 35.6. The van der Waals surface area contributed by atoms with Gasteiger partial charge in [-0.1, -0.05) is 13.8 Å². The summed E-state index contributed by atoms with van der Waals surface area (Å²) in [6, 6.07) is 0. The number of hydrogen-bond donors (Lipinski definition) is 12. The molecule has 182 valence electrons. The van der Waals surface area contributed by atoms with Gasteiger partial charge in [0.25, 0.3) is 13.6 Å². The Hall–Kier alpha value is 0.214. The minimum absolute atomic E-state index is 0. The van der Waals surface area contributed by atoms with Crippen molar-refractivity contribution in [1.82, 2.24) is 0 Å². The molecule has 0 rings (SSSR count). The van der Waals surface area contributed by atoms with E-state index in [0.29, 0.717) is 0 Å². The first kappa shape index (κ1) is 47.1. The standard InChI is InChI=1S/2C5H12O3.2CO.Ni.2H3O3P/c2*1-5(2-6,3-7)4-8;2*1-2;;2*1-4(2)3/h2*6-8H,2-4H2,1H3;;;;2*1-3H. The first-order valence-corrected chi connectivity index (χ1v) is 9.03. The zero-order chi connectivity index (χ0) is 24.4. The fourth-order valence-electron chi connectivity index (χ4n) is 0.300. The van der Waals surface area contributed by atoms with E-state index < -0.39 is 28.0 Å². The van der Waals surface area contributed by atoms with Crippen LogP contribution in [0.4, 0.5) is 0 Å². The van der Waals surface area contributed by atoms with Gasteiger partial charge in [-0.3, -0.25) is 9.59 Å². The molecule has 0 spiro atoms. The molecule has 0 aliphatic rings. The monoisotopic (exact) mass is 518 g/mol. The molecule has 0 fully saturated rings. The van der Waals surface area contributed by atoms with Gasteiger partial charge in [-0.2, -0.15) is 0 Å². The molecule has 0 atom stereocenters. The van der Waals surface area contributed by atoms with Crippen molar-refractivity contribution in [2.75, 3.05) is 39.6 Å². The Morgan fingerprint density at radius 2 is 0.586 bits per heavy atom. The molecule has 29 heavy (non-hydrogen) atoms. The van der Waals surface area contributed by atoms with Crippen molar-refractivity contribution in [3.05, 3.63) is 0 Å². The maximum atomic E-state index is 8.47. The molecular weight excluding hydrogens is 489 g/mol. The molecular formula is C12H30NiO14P2. The molecule has 0 unspecified atom stereocenters. The molecule has 0 saturated heterocycles. The van der Waals surface area contributed by atoms with Crippen LogP contribution in [0.3, 0.4) is 0 Å². The van der Waals surface area contributed by atoms with E-state index in [1.165, 1.54) is 0 Å². The third kappa shape index (κ3) is 58.4. The molecule has 12 N–H and O–H groups in total. The fraction of sp³-hybridized carbons (Fsp3) is 0.833. The van der Waals surface area contributed by atoms with E-state index in [-0.39, 0.29) is 56.1 Å². The van der Waals surface area contributed by atoms with Crippen molar-refractivity contribution >= 4 is 30.8 Å². The molecule has 0 bridgehead atoms. The van der Waals surface area contributed by atoms with Gasteiger partial charge < -0.3 is 60.0 Å². The van der Waals surface area contributed by atoms with Crippen LogP contribution in [0.5, 0.6) is 0 Å².